The van der Waals surface area contributed by atoms with Crippen LogP contribution in [0.25, 0.3) is 0 Å². The maximum atomic E-state index is 4.88. The first kappa shape index (κ1) is 14.1. The van der Waals surface area contributed by atoms with Crippen LogP contribution in [0.5, 0.6) is 0 Å². The molecule has 1 aromatic heterocycles. The Morgan fingerprint density at radius 2 is 1.81 bits per heavy atom. The molecule has 3 nitrogen and oxygen atoms in total. The van der Waals surface area contributed by atoms with E-state index in [4.69, 9.17) is 9.97 Å². The maximum absolute atomic E-state index is 4.88. The fourth-order valence-electron chi connectivity index (χ4n) is 3.07. The van der Waals surface area contributed by atoms with Crippen molar-refractivity contribution in [2.75, 3.05) is 11.9 Å². The van der Waals surface area contributed by atoms with Crippen molar-refractivity contribution >= 4 is 5.82 Å². The molecule has 1 saturated carbocycles. The summed E-state index contributed by atoms with van der Waals surface area (Å²) in [4.78, 5) is 9.73. The van der Waals surface area contributed by atoms with E-state index >= 15 is 0 Å². The monoisotopic (exact) mass is 281 g/mol. The van der Waals surface area contributed by atoms with Crippen LogP contribution in [0, 0.1) is 6.92 Å². The molecule has 0 atom stereocenters. The summed E-state index contributed by atoms with van der Waals surface area (Å²) < 4.78 is 0. The quantitative estimate of drug-likeness (QED) is 0.904. The highest BCUT2D eigenvalue weighted by Gasteiger charge is 2.48. The molecule has 0 unspecified atom stereocenters. The number of rotatable bonds is 5. The average molecular weight is 281 g/mol. The molecule has 2 aromatic rings. The van der Waals surface area contributed by atoms with Crippen LogP contribution < -0.4 is 5.32 Å². The molecule has 0 aliphatic heterocycles. The third kappa shape index (κ3) is 2.41. The summed E-state index contributed by atoms with van der Waals surface area (Å²) in [7, 11) is 0. The fraction of sp³-hybridized carbons (Fsp3) is 0.444. The lowest BCUT2D eigenvalue weighted by atomic mass is 9.94. The third-order valence-electron chi connectivity index (χ3n) is 4.42. The molecule has 1 fully saturated rings. The normalized spacial score (nSPS) is 15.8. The smallest absolute Gasteiger partial charge is 0.141 e. The standard InChI is InChI=1S/C18H23N3/c1-4-15-13(3)20-17(21-16(15)19-5-2)18(11-12-18)14-9-7-6-8-10-14/h6-10H,4-5,11-12H2,1-3H3,(H,19,20,21). The predicted molar refractivity (Wildman–Crippen MR) is 86.8 cm³/mol. The van der Waals surface area contributed by atoms with Gasteiger partial charge in [0.25, 0.3) is 0 Å². The van der Waals surface area contributed by atoms with Gasteiger partial charge in [0.2, 0.25) is 0 Å². The maximum Gasteiger partial charge on any atom is 0.141 e. The highest BCUT2D eigenvalue weighted by Crippen LogP contribution is 2.52. The first-order valence-corrected chi connectivity index (χ1v) is 7.88. The SMILES string of the molecule is CCNc1nc(C2(c3ccccc3)CC2)nc(C)c1CC. The van der Waals surface area contributed by atoms with Gasteiger partial charge >= 0.3 is 0 Å². The Labute approximate surface area is 126 Å². The number of nitrogens with zero attached hydrogens (tertiary/aromatic N) is 2. The number of anilines is 1. The highest BCUT2D eigenvalue weighted by molar-refractivity contribution is 5.49. The van der Waals surface area contributed by atoms with Gasteiger partial charge in [0.05, 0.1) is 5.41 Å². The van der Waals surface area contributed by atoms with Crippen LogP contribution in [0.4, 0.5) is 5.82 Å². The topological polar surface area (TPSA) is 37.8 Å². The van der Waals surface area contributed by atoms with Crippen molar-refractivity contribution in [2.45, 2.75) is 45.4 Å². The zero-order valence-corrected chi connectivity index (χ0v) is 13.1. The summed E-state index contributed by atoms with van der Waals surface area (Å²) in [5, 5.41) is 3.41. The zero-order valence-electron chi connectivity index (χ0n) is 13.1. The Balaban J connectivity index is 2.07. The summed E-state index contributed by atoms with van der Waals surface area (Å²) in [6, 6.07) is 10.7. The molecule has 110 valence electrons. The minimum atomic E-state index is 0.0441. The summed E-state index contributed by atoms with van der Waals surface area (Å²) in [5.41, 5.74) is 3.74. The van der Waals surface area contributed by atoms with Gasteiger partial charge in [-0.3, -0.25) is 0 Å². The number of hydrogen-bond donors (Lipinski definition) is 1. The molecule has 3 heteroatoms. The van der Waals surface area contributed by atoms with E-state index in [2.05, 4.69) is 56.4 Å². The van der Waals surface area contributed by atoms with Crippen molar-refractivity contribution in [3.63, 3.8) is 0 Å². The van der Waals surface area contributed by atoms with Gasteiger partial charge in [-0.1, -0.05) is 37.3 Å². The number of benzene rings is 1. The van der Waals surface area contributed by atoms with Gasteiger partial charge in [-0.25, -0.2) is 9.97 Å². The average Bonchev–Trinajstić information content (AvgIpc) is 3.30. The molecule has 1 aromatic carbocycles. The lowest BCUT2D eigenvalue weighted by Gasteiger charge is -2.19. The molecule has 0 bridgehead atoms. The van der Waals surface area contributed by atoms with Crippen molar-refractivity contribution in [1.29, 1.82) is 0 Å². The molecule has 1 aliphatic rings. The van der Waals surface area contributed by atoms with Crippen LogP contribution in [-0.2, 0) is 11.8 Å². The molecule has 1 aliphatic carbocycles. The Kier molecular flexibility index (Phi) is 3.66. The molecule has 0 saturated heterocycles. The lowest BCUT2D eigenvalue weighted by Crippen LogP contribution is -2.17. The van der Waals surface area contributed by atoms with E-state index < -0.39 is 0 Å². The van der Waals surface area contributed by atoms with Crippen LogP contribution in [0.15, 0.2) is 30.3 Å². The molecular formula is C18H23N3. The van der Waals surface area contributed by atoms with Crippen LogP contribution in [-0.4, -0.2) is 16.5 Å². The van der Waals surface area contributed by atoms with E-state index in [1.165, 1.54) is 11.1 Å². The van der Waals surface area contributed by atoms with Crippen molar-refractivity contribution in [3.8, 4) is 0 Å². The van der Waals surface area contributed by atoms with E-state index in [0.29, 0.717) is 0 Å². The van der Waals surface area contributed by atoms with Crippen LogP contribution >= 0.6 is 0 Å². The molecule has 1 N–H and O–H groups in total. The fourth-order valence-corrected chi connectivity index (χ4v) is 3.07. The predicted octanol–water partition coefficient (Wildman–Crippen LogP) is 3.86. The number of aryl methyl sites for hydroxylation is 1. The molecular weight excluding hydrogens is 258 g/mol. The summed E-state index contributed by atoms with van der Waals surface area (Å²) >= 11 is 0. The Morgan fingerprint density at radius 1 is 1.10 bits per heavy atom. The second kappa shape index (κ2) is 5.47. The zero-order chi connectivity index (χ0) is 14.9. The number of aromatic nitrogens is 2. The van der Waals surface area contributed by atoms with Crippen LogP contribution in [0.3, 0.4) is 0 Å². The summed E-state index contributed by atoms with van der Waals surface area (Å²) in [6.07, 6.45) is 3.26. The van der Waals surface area contributed by atoms with Crippen molar-refractivity contribution < 1.29 is 0 Å². The summed E-state index contributed by atoms with van der Waals surface area (Å²) in [6.45, 7) is 7.27. The van der Waals surface area contributed by atoms with Crippen LogP contribution in [0.2, 0.25) is 0 Å². The van der Waals surface area contributed by atoms with Crippen molar-refractivity contribution in [3.05, 3.63) is 53.0 Å². The Hall–Kier alpha value is -1.90. The minimum absolute atomic E-state index is 0.0441. The second-order valence-electron chi connectivity index (χ2n) is 5.79. The largest absolute Gasteiger partial charge is 0.370 e. The highest BCUT2D eigenvalue weighted by atomic mass is 15.0. The van der Waals surface area contributed by atoms with Crippen molar-refractivity contribution in [2.24, 2.45) is 0 Å². The molecule has 0 amide bonds. The number of nitrogens with one attached hydrogen (secondary N) is 1. The van der Waals surface area contributed by atoms with Crippen molar-refractivity contribution in [1.82, 2.24) is 9.97 Å². The van der Waals surface area contributed by atoms with Gasteiger partial charge in [0.1, 0.15) is 11.6 Å². The van der Waals surface area contributed by atoms with E-state index in [1.54, 1.807) is 0 Å². The molecule has 0 spiro atoms. The number of hydrogen-bond acceptors (Lipinski definition) is 3. The lowest BCUT2D eigenvalue weighted by molar-refractivity contribution is 0.741. The first-order valence-electron chi connectivity index (χ1n) is 7.88. The van der Waals surface area contributed by atoms with Gasteiger partial charge in [0, 0.05) is 17.8 Å². The Bertz CT molecular complexity index is 630. The van der Waals surface area contributed by atoms with E-state index in [-0.39, 0.29) is 5.41 Å². The van der Waals surface area contributed by atoms with Gasteiger partial charge in [-0.2, -0.15) is 0 Å². The minimum Gasteiger partial charge on any atom is -0.370 e. The van der Waals surface area contributed by atoms with Gasteiger partial charge in [0.15, 0.2) is 0 Å². The molecule has 1 heterocycles. The first-order chi connectivity index (χ1) is 10.2. The molecule has 21 heavy (non-hydrogen) atoms. The molecule has 0 radical (unpaired) electrons. The summed E-state index contributed by atoms with van der Waals surface area (Å²) in [5.74, 6) is 2.00. The van der Waals surface area contributed by atoms with E-state index in [9.17, 15) is 0 Å². The van der Waals surface area contributed by atoms with Gasteiger partial charge in [-0.05, 0) is 38.7 Å². The third-order valence-corrected chi connectivity index (χ3v) is 4.42. The second-order valence-corrected chi connectivity index (χ2v) is 5.79. The van der Waals surface area contributed by atoms with Gasteiger partial charge < -0.3 is 5.32 Å². The Morgan fingerprint density at radius 3 is 2.38 bits per heavy atom. The van der Waals surface area contributed by atoms with E-state index in [0.717, 1.165) is 43.1 Å². The molecule has 3 rings (SSSR count). The van der Waals surface area contributed by atoms with E-state index in [1.807, 2.05) is 0 Å². The van der Waals surface area contributed by atoms with Crippen LogP contribution in [0.1, 0.15) is 49.3 Å². The van der Waals surface area contributed by atoms with Gasteiger partial charge in [-0.15, -0.1) is 0 Å².